The van der Waals surface area contributed by atoms with Gasteiger partial charge in [-0.3, -0.25) is 24.9 Å². The summed E-state index contributed by atoms with van der Waals surface area (Å²) in [6, 6.07) is 105. The Morgan fingerprint density at radius 2 is 0.792 bits per heavy atom. The van der Waals surface area contributed by atoms with Crippen LogP contribution in [0.3, 0.4) is 0 Å². The van der Waals surface area contributed by atoms with Crippen LogP contribution < -0.4 is 0 Å². The van der Waals surface area contributed by atoms with E-state index in [0.717, 1.165) is 47.6 Å². The third kappa shape index (κ3) is 39.5. The number of benzene rings is 8. The highest BCUT2D eigenvalue weighted by Gasteiger charge is 2.19. The number of para-hydroxylation sites is 3. The van der Waals surface area contributed by atoms with Crippen molar-refractivity contribution in [2.24, 2.45) is 17.8 Å². The smallest absolute Gasteiger partial charge is 0.134 e. The monoisotopic (exact) mass is 2020 g/mol. The van der Waals surface area contributed by atoms with E-state index in [0.29, 0.717) is 82.9 Å². The number of H-pyrrole nitrogens is 2. The van der Waals surface area contributed by atoms with Crippen LogP contribution in [0, 0.1) is 17.8 Å². The SMILES string of the molecule is CC(C)C1=CCc2ccccc21.CC(C)C1=CCc2ccccc21.CC(C)C1=CCc2ccccc21.CC(C)c1cc2ccccc2[nH]1.CC(C)c1cc2ccccc2cn1.CC(C)c1cc2ccccc2o1.CC(C)c1cc2ccccc2s1.CC(C)c1ccc[nH]1.CC(C)c1ccccn1.CC(C)c1cccnc1.CC(C)c1ccco1.CC(C)c1cccs1.CC(C)c1ccncc1.CC(C)c1cnc2ccccc2c1. The van der Waals surface area contributed by atoms with Crippen molar-refractivity contribution in [3.63, 3.8) is 0 Å². The molecular weight excluding hydrogens is 1850 g/mol. The molecule has 22 rings (SSSR count). The number of thiophene rings is 2. The summed E-state index contributed by atoms with van der Waals surface area (Å²) in [6.45, 7) is 61.4. The number of hydrogen-bond acceptors (Lipinski definition) is 9. The lowest BCUT2D eigenvalue weighted by Gasteiger charge is -2.08. The minimum atomic E-state index is 0.470. The van der Waals surface area contributed by atoms with Crippen molar-refractivity contribution < 1.29 is 8.83 Å². The van der Waals surface area contributed by atoms with E-state index in [4.69, 9.17) is 8.83 Å². The summed E-state index contributed by atoms with van der Waals surface area (Å²) in [7, 11) is 0. The lowest BCUT2D eigenvalue weighted by atomic mass is 9.97. The number of fused-ring (bicyclic) bond motifs is 8. The quantitative estimate of drug-likeness (QED) is 0.111. The average molecular weight is 2020 g/mol. The van der Waals surface area contributed by atoms with E-state index >= 15 is 0 Å². The second-order valence-electron chi connectivity index (χ2n) is 42.3. The van der Waals surface area contributed by atoms with E-state index in [1.165, 1.54) is 136 Å². The number of nitrogens with one attached hydrogen (secondary N) is 2. The van der Waals surface area contributed by atoms with Crippen LogP contribution in [0.15, 0.2) is 392 Å². The maximum atomic E-state index is 5.63. The number of nitrogens with zero attached hydrogens (tertiary/aromatic N) is 5. The molecule has 11 heterocycles. The Kier molecular flexibility index (Phi) is 50.2. The molecule has 0 atom stereocenters. The molecule has 11 heteroatoms. The first-order valence-electron chi connectivity index (χ1n) is 54.0. The summed E-state index contributed by atoms with van der Waals surface area (Å²) < 4.78 is 12.1. The van der Waals surface area contributed by atoms with Gasteiger partial charge in [0.1, 0.15) is 17.1 Å². The molecule has 3 aliphatic rings. The van der Waals surface area contributed by atoms with Gasteiger partial charge in [-0.25, -0.2) is 0 Å². The van der Waals surface area contributed by atoms with Crippen LogP contribution >= 0.6 is 22.7 Å². The molecule has 0 amide bonds. The number of allylic oxidation sites excluding steroid dienone is 6. The molecule has 0 aliphatic heterocycles. The van der Waals surface area contributed by atoms with Crippen molar-refractivity contribution in [3.05, 3.63) is 477 Å². The predicted molar refractivity (Wildman–Crippen MR) is 650 cm³/mol. The summed E-state index contributed by atoms with van der Waals surface area (Å²) in [5, 5.41) is 9.73. The number of aromatic nitrogens is 7. The van der Waals surface area contributed by atoms with E-state index in [1.807, 2.05) is 163 Å². The molecule has 0 saturated heterocycles. The Labute approximate surface area is 903 Å². The van der Waals surface area contributed by atoms with E-state index in [1.54, 1.807) is 12.5 Å². The zero-order valence-electron chi connectivity index (χ0n) is 94.4. The lowest BCUT2D eigenvalue weighted by molar-refractivity contribution is 0.487. The van der Waals surface area contributed by atoms with Crippen LogP contribution in [0.4, 0.5) is 0 Å². The first-order chi connectivity index (χ1) is 71.5. The molecule has 0 radical (unpaired) electrons. The third-order valence-corrected chi connectivity index (χ3v) is 28.3. The lowest BCUT2D eigenvalue weighted by Crippen LogP contribution is -1.91. The predicted octanol–water partition coefficient (Wildman–Crippen LogP) is 41.5. The highest BCUT2D eigenvalue weighted by Crippen LogP contribution is 2.37. The van der Waals surface area contributed by atoms with Crippen molar-refractivity contribution in [1.29, 1.82) is 0 Å². The molecule has 780 valence electrons. The van der Waals surface area contributed by atoms with Crippen molar-refractivity contribution in [2.45, 2.75) is 278 Å². The Balaban J connectivity index is 0.000000179. The molecule has 3 aliphatic carbocycles. The summed E-state index contributed by atoms with van der Waals surface area (Å²) in [5.74, 6) is 10.5. The van der Waals surface area contributed by atoms with Gasteiger partial charge in [-0.1, -0.05) is 400 Å². The first kappa shape index (κ1) is 119. The fourth-order valence-electron chi connectivity index (χ4n) is 16.5. The Morgan fingerprint density at radius 3 is 1.21 bits per heavy atom. The second kappa shape index (κ2) is 62.8. The number of hydrogen-bond donors (Lipinski definition) is 2. The normalized spacial score (nSPS) is 11.7. The van der Waals surface area contributed by atoms with E-state index in [-0.39, 0.29) is 0 Å². The van der Waals surface area contributed by atoms with Crippen LogP contribution in [0.5, 0.6) is 0 Å². The molecule has 0 spiro atoms. The van der Waals surface area contributed by atoms with Gasteiger partial charge in [0.15, 0.2) is 0 Å². The van der Waals surface area contributed by atoms with Crippen molar-refractivity contribution in [3.8, 4) is 0 Å². The van der Waals surface area contributed by atoms with Crippen LogP contribution in [0.2, 0.25) is 0 Å². The molecule has 2 N–H and O–H groups in total. The molecular formula is C138H169N7O2S2. The number of furan rings is 2. The van der Waals surface area contributed by atoms with Gasteiger partial charge >= 0.3 is 0 Å². The maximum Gasteiger partial charge on any atom is 0.134 e. The zero-order chi connectivity index (χ0) is 108. The van der Waals surface area contributed by atoms with E-state index in [2.05, 4.69) is 459 Å². The maximum absolute atomic E-state index is 5.63. The Hall–Kier alpha value is -13.5. The van der Waals surface area contributed by atoms with Crippen LogP contribution in [0.25, 0.3) is 70.4 Å². The molecule has 0 bridgehead atoms. The topological polar surface area (TPSA) is 122 Å². The minimum absolute atomic E-state index is 0.470. The summed E-state index contributed by atoms with van der Waals surface area (Å²) in [5.41, 5.74) is 25.6. The van der Waals surface area contributed by atoms with Crippen LogP contribution in [-0.4, -0.2) is 34.9 Å². The van der Waals surface area contributed by atoms with Gasteiger partial charge in [-0.05, 0) is 294 Å². The second-order valence-corrected chi connectivity index (χ2v) is 44.4. The average Bonchev–Trinajstić information content (AvgIpc) is 1.26. The van der Waals surface area contributed by atoms with E-state index in [9.17, 15) is 0 Å². The molecule has 11 aromatic heterocycles. The zero-order valence-corrected chi connectivity index (χ0v) is 96.1. The highest BCUT2D eigenvalue weighted by molar-refractivity contribution is 7.19. The largest absolute Gasteiger partial charge is 0.469 e. The minimum Gasteiger partial charge on any atom is -0.469 e. The number of pyridine rings is 5. The first-order valence-corrected chi connectivity index (χ1v) is 55.7. The van der Waals surface area contributed by atoms with Gasteiger partial charge in [-0.2, -0.15) is 0 Å². The Morgan fingerprint density at radius 1 is 0.282 bits per heavy atom. The van der Waals surface area contributed by atoms with Gasteiger partial charge in [0.25, 0.3) is 0 Å². The van der Waals surface area contributed by atoms with Crippen LogP contribution in [0.1, 0.15) is 353 Å². The molecule has 19 aromatic rings. The van der Waals surface area contributed by atoms with Crippen LogP contribution in [-0.2, 0) is 19.3 Å². The van der Waals surface area contributed by atoms with Gasteiger partial charge in [0, 0.05) is 120 Å². The van der Waals surface area contributed by atoms with Gasteiger partial charge in [0.05, 0.1) is 11.8 Å². The van der Waals surface area contributed by atoms with Crippen molar-refractivity contribution in [2.75, 3.05) is 0 Å². The number of rotatable bonds is 14. The fraction of sp³-hybridized carbons (Fsp3) is 0.326. The number of aromatic amines is 2. The van der Waals surface area contributed by atoms with E-state index < -0.39 is 0 Å². The summed E-state index contributed by atoms with van der Waals surface area (Å²) in [4.78, 5) is 30.4. The van der Waals surface area contributed by atoms with Gasteiger partial charge in [-0.15, -0.1) is 22.7 Å². The summed E-state index contributed by atoms with van der Waals surface area (Å²) in [6.07, 6.45) is 27.2. The molecule has 9 nitrogen and oxygen atoms in total. The molecule has 0 unspecified atom stereocenters. The summed E-state index contributed by atoms with van der Waals surface area (Å²) >= 11 is 3.74. The van der Waals surface area contributed by atoms with Crippen molar-refractivity contribution in [1.82, 2.24) is 34.9 Å². The van der Waals surface area contributed by atoms with Gasteiger partial charge < -0.3 is 18.8 Å². The molecule has 0 saturated carbocycles. The standard InChI is InChI=1S/2C12H13N.3C12H14.C11H13N.C11H12O.C11H12S.3C8H11N.C7H11N.C7H10O.C7H10S/c1-9(2)11-7-10-5-3-4-6-12(10)13-8-11;1-9(2)12-7-10-5-3-4-6-11(10)8-13-12;3*1-9(2)11-8-7-10-5-3-4-6-12(10)11;3*1-8(2)11-7-9-5-3-4-6-10(9)12-11;1-7(2)8-3-5-9-6-4-8;1-7(2)8-4-3-5-9-6-8;1-7(2)8-5-3-4-6-9-8;3*1-6(2)7-4-3-5-8-7/h2*3-9H,1-2H3;3*3-6,8-9H,7H2,1-2H3;3-8,12H,1-2H3;2*3-8H,1-2H3;3*3-7H,1-2H3;3-6,8H,1-2H3;2*3-6H,1-2H3. The highest BCUT2D eigenvalue weighted by atomic mass is 32.1. The molecule has 0 fully saturated rings. The Bertz CT molecular complexity index is 6340. The van der Waals surface area contributed by atoms with Gasteiger partial charge in [0.2, 0.25) is 0 Å². The fourth-order valence-corrected chi connectivity index (χ4v) is 18.3. The third-order valence-electron chi connectivity index (χ3n) is 25.7. The molecule has 149 heavy (non-hydrogen) atoms. The van der Waals surface area contributed by atoms with Crippen molar-refractivity contribution >= 4 is 93.0 Å². The molecule has 8 aromatic carbocycles.